The van der Waals surface area contributed by atoms with Crippen LogP contribution in [0.2, 0.25) is 0 Å². The lowest BCUT2D eigenvalue weighted by molar-refractivity contribution is 0.270. The highest BCUT2D eigenvalue weighted by Crippen LogP contribution is 2.30. The molecular weight excluding hydrogens is 294 g/mol. The van der Waals surface area contributed by atoms with Crippen LogP contribution >= 0.6 is 11.3 Å². The van der Waals surface area contributed by atoms with E-state index in [1.165, 1.54) is 19.3 Å². The third kappa shape index (κ3) is 4.04. The van der Waals surface area contributed by atoms with Crippen molar-refractivity contribution in [2.45, 2.75) is 49.8 Å². The number of rotatable bonds is 6. The molecule has 0 atom stereocenters. The molecule has 0 aliphatic heterocycles. The molecule has 1 aliphatic rings. The molecule has 0 radical (unpaired) electrons. The molecule has 0 amide bonds. The Labute approximate surface area is 125 Å². The van der Waals surface area contributed by atoms with E-state index < -0.39 is 10.0 Å². The van der Waals surface area contributed by atoms with E-state index in [0.717, 1.165) is 30.1 Å². The van der Waals surface area contributed by atoms with Crippen molar-refractivity contribution in [3.8, 4) is 0 Å². The van der Waals surface area contributed by atoms with E-state index in [4.69, 9.17) is 5.11 Å². The van der Waals surface area contributed by atoms with E-state index in [2.05, 4.69) is 11.6 Å². The summed E-state index contributed by atoms with van der Waals surface area (Å²) in [5.41, 5.74) is 0. The van der Waals surface area contributed by atoms with Gasteiger partial charge in [0, 0.05) is 11.4 Å². The molecule has 0 bridgehead atoms. The third-order valence-electron chi connectivity index (χ3n) is 4.16. The van der Waals surface area contributed by atoms with Crippen molar-refractivity contribution in [2.24, 2.45) is 11.8 Å². The van der Waals surface area contributed by atoms with Crippen molar-refractivity contribution < 1.29 is 13.5 Å². The molecule has 1 fully saturated rings. The Kier molecular flexibility index (Phi) is 5.60. The van der Waals surface area contributed by atoms with Gasteiger partial charge in [-0.05, 0) is 36.8 Å². The lowest BCUT2D eigenvalue weighted by Crippen LogP contribution is -2.30. The van der Waals surface area contributed by atoms with Gasteiger partial charge in [-0.25, -0.2) is 13.1 Å². The molecule has 1 saturated carbocycles. The van der Waals surface area contributed by atoms with Crippen molar-refractivity contribution in [3.63, 3.8) is 0 Å². The first kappa shape index (κ1) is 15.9. The average molecular weight is 317 g/mol. The number of thiophene rings is 1. The Hall–Kier alpha value is -0.430. The maximum atomic E-state index is 12.1. The zero-order valence-corrected chi connectivity index (χ0v) is 13.5. The van der Waals surface area contributed by atoms with Crippen LogP contribution < -0.4 is 4.72 Å². The largest absolute Gasteiger partial charge is 0.391 e. The maximum Gasteiger partial charge on any atom is 0.250 e. The second-order valence-electron chi connectivity index (χ2n) is 5.53. The van der Waals surface area contributed by atoms with Gasteiger partial charge in [-0.2, -0.15) is 0 Å². The van der Waals surface area contributed by atoms with Gasteiger partial charge in [0.15, 0.2) is 0 Å². The Morgan fingerprint density at radius 1 is 1.25 bits per heavy atom. The van der Waals surface area contributed by atoms with Crippen LogP contribution in [-0.2, 0) is 16.6 Å². The minimum absolute atomic E-state index is 0.110. The van der Waals surface area contributed by atoms with Gasteiger partial charge >= 0.3 is 0 Å². The van der Waals surface area contributed by atoms with Gasteiger partial charge in [0.05, 0.1) is 6.61 Å². The van der Waals surface area contributed by atoms with Gasteiger partial charge in [-0.15, -0.1) is 11.3 Å². The molecule has 0 unspecified atom stereocenters. The lowest BCUT2D eigenvalue weighted by atomic mass is 9.81. The second-order valence-corrected chi connectivity index (χ2v) is 8.69. The lowest BCUT2D eigenvalue weighted by Gasteiger charge is -2.27. The fourth-order valence-corrected chi connectivity index (χ4v) is 5.11. The number of aliphatic hydroxyl groups excluding tert-OH is 1. The molecule has 20 heavy (non-hydrogen) atoms. The van der Waals surface area contributed by atoms with Gasteiger partial charge in [-0.1, -0.05) is 26.2 Å². The van der Waals surface area contributed by atoms with Crippen molar-refractivity contribution in [3.05, 3.63) is 17.0 Å². The van der Waals surface area contributed by atoms with E-state index in [0.29, 0.717) is 21.5 Å². The van der Waals surface area contributed by atoms with E-state index in [9.17, 15) is 8.42 Å². The van der Waals surface area contributed by atoms with Crippen molar-refractivity contribution >= 4 is 21.4 Å². The van der Waals surface area contributed by atoms with Crippen molar-refractivity contribution in [1.82, 2.24) is 4.72 Å². The molecule has 1 aliphatic carbocycles. The average Bonchev–Trinajstić information content (AvgIpc) is 2.95. The summed E-state index contributed by atoms with van der Waals surface area (Å²) < 4.78 is 27.3. The summed E-state index contributed by atoms with van der Waals surface area (Å²) in [7, 11) is -3.41. The molecule has 1 heterocycles. The van der Waals surface area contributed by atoms with E-state index in [1.807, 2.05) is 0 Å². The van der Waals surface area contributed by atoms with Crippen LogP contribution in [-0.4, -0.2) is 20.1 Å². The van der Waals surface area contributed by atoms with Gasteiger partial charge in [0.2, 0.25) is 10.0 Å². The zero-order valence-electron chi connectivity index (χ0n) is 11.8. The standard InChI is InChI=1S/C14H23NO3S2/c1-2-11-3-5-12(6-4-11)9-15-20(17,18)14-8-7-13(10-16)19-14/h7-8,11-12,15-16H,2-6,9-10H2,1H3. The SMILES string of the molecule is CCC1CCC(CNS(=O)(=O)c2ccc(CO)s2)CC1. The summed E-state index contributed by atoms with van der Waals surface area (Å²) in [4.78, 5) is 0.675. The fraction of sp³-hybridized carbons (Fsp3) is 0.714. The third-order valence-corrected chi connectivity index (χ3v) is 7.15. The first-order valence-corrected chi connectivity index (χ1v) is 9.54. The molecule has 0 spiro atoms. The predicted octanol–water partition coefficient (Wildman–Crippen LogP) is 2.74. The summed E-state index contributed by atoms with van der Waals surface area (Å²) in [6.45, 7) is 2.65. The van der Waals surface area contributed by atoms with Crippen LogP contribution in [0.1, 0.15) is 43.9 Å². The quantitative estimate of drug-likeness (QED) is 0.848. The van der Waals surface area contributed by atoms with Gasteiger partial charge in [0.25, 0.3) is 0 Å². The van der Waals surface area contributed by atoms with Crippen molar-refractivity contribution in [1.29, 1.82) is 0 Å². The molecule has 4 nitrogen and oxygen atoms in total. The molecule has 2 rings (SSSR count). The normalized spacial score (nSPS) is 23.9. The first-order valence-electron chi connectivity index (χ1n) is 7.24. The van der Waals surface area contributed by atoms with Gasteiger partial charge in [0.1, 0.15) is 4.21 Å². The molecule has 1 aromatic rings. The summed E-state index contributed by atoms with van der Waals surface area (Å²) in [6.07, 6.45) is 5.91. The summed E-state index contributed by atoms with van der Waals surface area (Å²) in [5.74, 6) is 1.29. The van der Waals surface area contributed by atoms with Gasteiger partial charge in [-0.3, -0.25) is 0 Å². The molecular formula is C14H23NO3S2. The van der Waals surface area contributed by atoms with E-state index in [1.54, 1.807) is 12.1 Å². The number of hydrogen-bond donors (Lipinski definition) is 2. The molecule has 2 N–H and O–H groups in total. The Morgan fingerprint density at radius 3 is 2.45 bits per heavy atom. The van der Waals surface area contributed by atoms with E-state index >= 15 is 0 Å². The number of sulfonamides is 1. The summed E-state index contributed by atoms with van der Waals surface area (Å²) >= 11 is 1.13. The highest BCUT2D eigenvalue weighted by atomic mass is 32.2. The first-order chi connectivity index (χ1) is 9.55. The van der Waals surface area contributed by atoms with Crippen LogP contribution in [0.5, 0.6) is 0 Å². The Balaban J connectivity index is 1.87. The highest BCUT2D eigenvalue weighted by molar-refractivity contribution is 7.91. The van der Waals surface area contributed by atoms with Gasteiger partial charge < -0.3 is 5.11 Å². The van der Waals surface area contributed by atoms with Crippen LogP contribution in [0.3, 0.4) is 0 Å². The highest BCUT2D eigenvalue weighted by Gasteiger charge is 2.23. The predicted molar refractivity (Wildman–Crippen MR) is 81.2 cm³/mol. The van der Waals surface area contributed by atoms with Crippen LogP contribution in [0.15, 0.2) is 16.3 Å². The fourth-order valence-electron chi connectivity index (χ4n) is 2.73. The smallest absolute Gasteiger partial charge is 0.250 e. The molecule has 6 heteroatoms. The Bertz CT molecular complexity index is 516. The van der Waals surface area contributed by atoms with Crippen LogP contribution in [0.4, 0.5) is 0 Å². The molecule has 0 aromatic carbocycles. The topological polar surface area (TPSA) is 66.4 Å². The van der Waals surface area contributed by atoms with Crippen LogP contribution in [0, 0.1) is 11.8 Å². The minimum Gasteiger partial charge on any atom is -0.391 e. The van der Waals surface area contributed by atoms with Crippen LogP contribution in [0.25, 0.3) is 0 Å². The minimum atomic E-state index is -3.41. The molecule has 1 aromatic heterocycles. The number of nitrogens with one attached hydrogen (secondary N) is 1. The number of aliphatic hydroxyl groups is 1. The zero-order chi connectivity index (χ0) is 14.6. The summed E-state index contributed by atoms with van der Waals surface area (Å²) in [6, 6.07) is 3.22. The second kappa shape index (κ2) is 7.02. The monoisotopic (exact) mass is 317 g/mol. The molecule has 114 valence electrons. The summed E-state index contributed by atoms with van der Waals surface area (Å²) in [5, 5.41) is 8.99. The maximum absolute atomic E-state index is 12.1. The number of hydrogen-bond acceptors (Lipinski definition) is 4. The Morgan fingerprint density at radius 2 is 1.90 bits per heavy atom. The van der Waals surface area contributed by atoms with E-state index in [-0.39, 0.29) is 6.61 Å². The molecule has 0 saturated heterocycles. The van der Waals surface area contributed by atoms with Crippen molar-refractivity contribution in [2.75, 3.05) is 6.54 Å².